The summed E-state index contributed by atoms with van der Waals surface area (Å²) >= 11 is 0. The fourth-order valence-electron chi connectivity index (χ4n) is 3.45. The fraction of sp³-hybridized carbons (Fsp3) is 0.714. The Kier molecular flexibility index (Phi) is 4.05. The van der Waals surface area contributed by atoms with Gasteiger partial charge in [-0.1, -0.05) is 0 Å². The molecular weight excluding hydrogens is 302 g/mol. The minimum Gasteiger partial charge on any atom is -0.394 e. The molecule has 4 atom stereocenters. The van der Waals surface area contributed by atoms with Gasteiger partial charge in [0, 0.05) is 20.5 Å². The molecular formula is C14H23N5O4. The molecule has 9 heteroatoms. The van der Waals surface area contributed by atoms with E-state index in [0.29, 0.717) is 17.9 Å². The first kappa shape index (κ1) is 16.2. The number of aliphatic hydroxyl groups excluding tert-OH is 2. The van der Waals surface area contributed by atoms with Gasteiger partial charge in [0.1, 0.15) is 18.1 Å². The van der Waals surface area contributed by atoms with Crippen LogP contribution in [-0.4, -0.2) is 88.8 Å². The van der Waals surface area contributed by atoms with Crippen LogP contribution < -0.4 is 4.90 Å². The number of imidazole rings is 1. The number of hydrogen-bond donors (Lipinski definition) is 2. The maximum atomic E-state index is 12.6. The molecule has 3 rings (SSSR count). The summed E-state index contributed by atoms with van der Waals surface area (Å²) in [5, 5.41) is 19.2. The van der Waals surface area contributed by atoms with Crippen molar-refractivity contribution in [2.45, 2.75) is 31.1 Å². The van der Waals surface area contributed by atoms with E-state index in [1.165, 1.54) is 0 Å². The highest BCUT2D eigenvalue weighted by Crippen LogP contribution is 2.36. The molecule has 128 valence electrons. The Balaban J connectivity index is 1.99. The fourth-order valence-corrected chi connectivity index (χ4v) is 3.45. The molecule has 0 bridgehead atoms. The number of rotatable bonds is 3. The second-order valence-corrected chi connectivity index (χ2v) is 6.28. The van der Waals surface area contributed by atoms with Crippen LogP contribution >= 0.6 is 0 Å². The minimum absolute atomic E-state index is 0.159. The van der Waals surface area contributed by atoms with Gasteiger partial charge >= 0.3 is 0 Å². The summed E-state index contributed by atoms with van der Waals surface area (Å²) in [5.41, 5.74) is 0.360. The van der Waals surface area contributed by atoms with Crippen LogP contribution in [-0.2, 0) is 4.74 Å². The lowest BCUT2D eigenvalue weighted by Crippen LogP contribution is -2.59. The molecule has 0 aliphatic carbocycles. The Morgan fingerprint density at radius 2 is 2.09 bits per heavy atom. The summed E-state index contributed by atoms with van der Waals surface area (Å²) in [7, 11) is 7.42. The van der Waals surface area contributed by atoms with E-state index in [9.17, 15) is 15.0 Å². The van der Waals surface area contributed by atoms with Gasteiger partial charge in [-0.05, 0) is 14.1 Å². The average Bonchev–Trinajstić information content (AvgIpc) is 3.08. The van der Waals surface area contributed by atoms with Crippen LogP contribution in [0.25, 0.3) is 0 Å². The van der Waals surface area contributed by atoms with Crippen molar-refractivity contribution >= 4 is 11.7 Å². The van der Waals surface area contributed by atoms with Gasteiger partial charge in [-0.25, -0.2) is 4.98 Å². The second kappa shape index (κ2) is 5.75. The summed E-state index contributed by atoms with van der Waals surface area (Å²) in [4.78, 5) is 22.3. The third kappa shape index (κ3) is 2.40. The van der Waals surface area contributed by atoms with Crippen LogP contribution in [0.2, 0.25) is 0 Å². The van der Waals surface area contributed by atoms with Crippen molar-refractivity contribution in [3.8, 4) is 0 Å². The van der Waals surface area contributed by atoms with Gasteiger partial charge in [-0.2, -0.15) is 0 Å². The standard InChI is InChI=1S/C14H23N5O4/c1-16(2)14-17(3)12-11(13(22)18(14)4)15-7-19(12)10-5-8(21)9(6-20)23-10/h7-10,14,20-21H,5-6H2,1-4H3/t8-,9+,10+,14?/m0/s1. The molecule has 1 fully saturated rings. The number of aromatic nitrogens is 2. The SMILES string of the molecule is CN(C)C1N(C)C(=O)c2ncn([C@H]3C[C@H](O)[C@@H](CO)O3)c2N1C. The zero-order chi connectivity index (χ0) is 16.9. The quantitative estimate of drug-likeness (QED) is 0.728. The van der Waals surface area contributed by atoms with Gasteiger partial charge in [-0.15, -0.1) is 0 Å². The van der Waals surface area contributed by atoms with Gasteiger partial charge in [-0.3, -0.25) is 14.3 Å². The highest BCUT2D eigenvalue weighted by Gasteiger charge is 2.42. The van der Waals surface area contributed by atoms with Crippen molar-refractivity contribution in [3.63, 3.8) is 0 Å². The first-order valence-corrected chi connectivity index (χ1v) is 7.54. The number of nitrogens with zero attached hydrogens (tertiary/aromatic N) is 5. The van der Waals surface area contributed by atoms with E-state index in [1.54, 1.807) is 22.8 Å². The molecule has 0 aromatic carbocycles. The number of fused-ring (bicyclic) bond motifs is 1. The molecule has 1 amide bonds. The molecule has 1 aromatic rings. The lowest BCUT2D eigenvalue weighted by Gasteiger charge is -2.44. The average molecular weight is 325 g/mol. The highest BCUT2D eigenvalue weighted by atomic mass is 16.5. The third-order valence-electron chi connectivity index (χ3n) is 4.47. The van der Waals surface area contributed by atoms with E-state index in [4.69, 9.17) is 4.74 Å². The van der Waals surface area contributed by atoms with Crippen molar-refractivity contribution in [1.82, 2.24) is 19.4 Å². The number of carbonyl (C=O) groups excluding carboxylic acids is 1. The zero-order valence-corrected chi connectivity index (χ0v) is 13.7. The molecule has 9 nitrogen and oxygen atoms in total. The first-order chi connectivity index (χ1) is 10.9. The summed E-state index contributed by atoms with van der Waals surface area (Å²) < 4.78 is 7.46. The van der Waals surface area contributed by atoms with Crippen LogP contribution in [0.1, 0.15) is 23.1 Å². The number of amides is 1. The van der Waals surface area contributed by atoms with Crippen molar-refractivity contribution in [3.05, 3.63) is 12.0 Å². The van der Waals surface area contributed by atoms with E-state index in [0.717, 1.165) is 0 Å². The smallest absolute Gasteiger partial charge is 0.278 e. The molecule has 1 saturated heterocycles. The monoisotopic (exact) mass is 325 g/mol. The Bertz CT molecular complexity index is 604. The van der Waals surface area contributed by atoms with E-state index >= 15 is 0 Å². The maximum Gasteiger partial charge on any atom is 0.278 e. The van der Waals surface area contributed by atoms with Gasteiger partial charge in [0.2, 0.25) is 0 Å². The van der Waals surface area contributed by atoms with Crippen molar-refractivity contribution in [2.24, 2.45) is 0 Å². The van der Waals surface area contributed by atoms with Crippen LogP contribution in [0.5, 0.6) is 0 Å². The predicted octanol–water partition coefficient (Wildman–Crippen LogP) is -1.11. The van der Waals surface area contributed by atoms with Crippen LogP contribution in [0.3, 0.4) is 0 Å². The molecule has 0 spiro atoms. The molecule has 1 aromatic heterocycles. The summed E-state index contributed by atoms with van der Waals surface area (Å²) in [6, 6.07) is 0. The Morgan fingerprint density at radius 3 is 2.65 bits per heavy atom. The van der Waals surface area contributed by atoms with E-state index < -0.39 is 18.4 Å². The summed E-state index contributed by atoms with van der Waals surface area (Å²) in [6.07, 6.45) is -0.152. The molecule has 2 N–H and O–H groups in total. The van der Waals surface area contributed by atoms with Crippen LogP contribution in [0, 0.1) is 0 Å². The number of hydrogen-bond acceptors (Lipinski definition) is 7. The van der Waals surface area contributed by atoms with Gasteiger partial charge < -0.3 is 24.7 Å². The molecule has 2 aliphatic rings. The lowest BCUT2D eigenvalue weighted by molar-refractivity contribution is -0.0443. The molecule has 2 aliphatic heterocycles. The van der Waals surface area contributed by atoms with E-state index in [1.807, 2.05) is 30.9 Å². The number of carbonyl (C=O) groups is 1. The van der Waals surface area contributed by atoms with Crippen LogP contribution in [0.15, 0.2) is 6.33 Å². The molecule has 1 unspecified atom stereocenters. The summed E-state index contributed by atoms with van der Waals surface area (Å²) in [5.74, 6) is 0.496. The highest BCUT2D eigenvalue weighted by molar-refractivity contribution is 5.99. The van der Waals surface area contributed by atoms with Crippen molar-refractivity contribution in [2.75, 3.05) is 39.7 Å². The number of ether oxygens (including phenoxy) is 1. The Labute approximate surface area is 134 Å². The lowest BCUT2D eigenvalue weighted by atomic mass is 10.2. The number of aliphatic hydroxyl groups is 2. The first-order valence-electron chi connectivity index (χ1n) is 7.54. The third-order valence-corrected chi connectivity index (χ3v) is 4.47. The van der Waals surface area contributed by atoms with Gasteiger partial charge in [0.05, 0.1) is 19.0 Å². The Hall–Kier alpha value is -1.68. The predicted molar refractivity (Wildman–Crippen MR) is 81.8 cm³/mol. The van der Waals surface area contributed by atoms with E-state index in [-0.39, 0.29) is 18.8 Å². The largest absolute Gasteiger partial charge is 0.394 e. The Morgan fingerprint density at radius 1 is 1.39 bits per heavy atom. The van der Waals surface area contributed by atoms with Crippen molar-refractivity contribution in [1.29, 1.82) is 0 Å². The van der Waals surface area contributed by atoms with Crippen molar-refractivity contribution < 1.29 is 19.7 Å². The van der Waals surface area contributed by atoms with E-state index in [2.05, 4.69) is 4.98 Å². The molecule has 0 saturated carbocycles. The van der Waals surface area contributed by atoms with Gasteiger partial charge in [0.15, 0.2) is 12.0 Å². The van der Waals surface area contributed by atoms with Gasteiger partial charge in [0.25, 0.3) is 5.91 Å². The second-order valence-electron chi connectivity index (χ2n) is 6.28. The molecule has 3 heterocycles. The van der Waals surface area contributed by atoms with Crippen LogP contribution in [0.4, 0.5) is 5.82 Å². The number of anilines is 1. The molecule has 0 radical (unpaired) electrons. The normalized spacial score (nSPS) is 31.2. The molecule has 23 heavy (non-hydrogen) atoms. The zero-order valence-electron chi connectivity index (χ0n) is 13.7. The maximum absolute atomic E-state index is 12.6. The topological polar surface area (TPSA) is 94.3 Å². The minimum atomic E-state index is -0.736. The summed E-state index contributed by atoms with van der Waals surface area (Å²) in [6.45, 7) is -0.244.